The van der Waals surface area contributed by atoms with Gasteiger partial charge in [-0.3, -0.25) is 14.2 Å². The Kier molecular flexibility index (Phi) is 4.44. The van der Waals surface area contributed by atoms with E-state index in [0.29, 0.717) is 17.9 Å². The summed E-state index contributed by atoms with van der Waals surface area (Å²) in [5.41, 5.74) is 1.81. The lowest BCUT2D eigenvalue weighted by Gasteiger charge is -2.17. The van der Waals surface area contributed by atoms with Gasteiger partial charge in [0.2, 0.25) is 0 Å². The average Bonchev–Trinajstić information content (AvgIpc) is 3.24. The lowest BCUT2D eigenvalue weighted by atomic mass is 10.1. The van der Waals surface area contributed by atoms with Gasteiger partial charge in [0, 0.05) is 45.2 Å². The second kappa shape index (κ2) is 6.51. The van der Waals surface area contributed by atoms with Gasteiger partial charge in [0.25, 0.3) is 5.91 Å². The van der Waals surface area contributed by atoms with Crippen molar-refractivity contribution in [3.8, 4) is 11.3 Å². The molecule has 1 aliphatic rings. The Labute approximate surface area is 134 Å². The van der Waals surface area contributed by atoms with E-state index in [4.69, 9.17) is 4.74 Å². The number of carbonyl (C=O) groups is 1. The van der Waals surface area contributed by atoms with E-state index in [-0.39, 0.29) is 18.6 Å². The van der Waals surface area contributed by atoms with Gasteiger partial charge in [0.15, 0.2) is 0 Å². The predicted octanol–water partition coefficient (Wildman–Crippen LogP) is 0.0903. The van der Waals surface area contributed by atoms with E-state index >= 15 is 0 Å². The lowest BCUT2D eigenvalue weighted by molar-refractivity contribution is -0.0000754. The van der Waals surface area contributed by atoms with Gasteiger partial charge in [-0.25, -0.2) is 0 Å². The van der Waals surface area contributed by atoms with Gasteiger partial charge in [0.1, 0.15) is 5.69 Å². The molecule has 0 saturated carbocycles. The molecule has 124 valence electrons. The number of nitrogens with zero attached hydrogens (tertiary/aromatic N) is 4. The number of aliphatic hydroxyl groups excluding tert-OH is 1. The van der Waals surface area contributed by atoms with Gasteiger partial charge >= 0.3 is 0 Å². The number of rotatable bonds is 5. The summed E-state index contributed by atoms with van der Waals surface area (Å²) < 4.78 is 8.67. The molecule has 1 fully saturated rings. The van der Waals surface area contributed by atoms with Gasteiger partial charge in [-0.05, 0) is 12.8 Å². The van der Waals surface area contributed by atoms with Crippen molar-refractivity contribution in [1.29, 1.82) is 0 Å². The highest BCUT2D eigenvalue weighted by Gasteiger charge is 2.25. The number of hydrogen-bond acceptors (Lipinski definition) is 5. The summed E-state index contributed by atoms with van der Waals surface area (Å²) >= 11 is 0. The van der Waals surface area contributed by atoms with Crippen molar-refractivity contribution in [2.45, 2.75) is 25.0 Å². The zero-order valence-corrected chi connectivity index (χ0v) is 13.3. The van der Waals surface area contributed by atoms with Crippen molar-refractivity contribution in [3.63, 3.8) is 0 Å². The summed E-state index contributed by atoms with van der Waals surface area (Å²) in [5, 5.41) is 21.3. The number of amides is 1. The average molecular weight is 319 g/mol. The van der Waals surface area contributed by atoms with Crippen LogP contribution >= 0.6 is 0 Å². The molecule has 8 heteroatoms. The molecular formula is C15H21N5O3. The fraction of sp³-hybridized carbons (Fsp3) is 0.533. The molecule has 2 atom stereocenters. The first-order valence-electron chi connectivity index (χ1n) is 7.65. The Morgan fingerprint density at radius 3 is 2.96 bits per heavy atom. The molecule has 0 spiro atoms. The van der Waals surface area contributed by atoms with Crippen molar-refractivity contribution >= 4 is 5.91 Å². The van der Waals surface area contributed by atoms with Crippen LogP contribution in [0.3, 0.4) is 0 Å². The third-order valence-electron chi connectivity index (χ3n) is 3.92. The first-order chi connectivity index (χ1) is 11.0. The van der Waals surface area contributed by atoms with Gasteiger partial charge in [0.05, 0.1) is 24.0 Å². The molecule has 0 radical (unpaired) electrons. The van der Waals surface area contributed by atoms with Crippen LogP contribution in [0.5, 0.6) is 0 Å². The van der Waals surface area contributed by atoms with Crippen molar-refractivity contribution in [1.82, 2.24) is 24.9 Å². The summed E-state index contributed by atoms with van der Waals surface area (Å²) in [4.78, 5) is 12.4. The molecule has 2 aromatic heterocycles. The molecule has 3 heterocycles. The van der Waals surface area contributed by atoms with Crippen LogP contribution < -0.4 is 5.32 Å². The second-order valence-electron chi connectivity index (χ2n) is 5.80. The number of aliphatic hydroxyl groups is 1. The Bertz CT molecular complexity index is 687. The van der Waals surface area contributed by atoms with Crippen molar-refractivity contribution in [2.24, 2.45) is 14.1 Å². The second-order valence-corrected chi connectivity index (χ2v) is 5.80. The highest BCUT2D eigenvalue weighted by molar-refractivity contribution is 5.99. The number of ether oxygens (including phenoxy) is 1. The summed E-state index contributed by atoms with van der Waals surface area (Å²) in [7, 11) is 3.57. The van der Waals surface area contributed by atoms with E-state index in [2.05, 4.69) is 15.5 Å². The van der Waals surface area contributed by atoms with Gasteiger partial charge in [-0.1, -0.05) is 0 Å². The fourth-order valence-electron chi connectivity index (χ4n) is 2.74. The SMILES string of the molecule is Cn1cc(-c2nn(C)cc2C(=O)NCC(O)C2CCCO2)cn1. The first-order valence-corrected chi connectivity index (χ1v) is 7.65. The van der Waals surface area contributed by atoms with E-state index < -0.39 is 6.10 Å². The first kappa shape index (κ1) is 15.7. The molecule has 3 rings (SSSR count). The Morgan fingerprint density at radius 2 is 2.30 bits per heavy atom. The van der Waals surface area contributed by atoms with Gasteiger partial charge in [-0.2, -0.15) is 10.2 Å². The van der Waals surface area contributed by atoms with Gasteiger partial charge < -0.3 is 15.2 Å². The molecule has 2 aromatic rings. The normalized spacial score (nSPS) is 19.0. The zero-order chi connectivity index (χ0) is 16.4. The van der Waals surface area contributed by atoms with Crippen LogP contribution in [-0.2, 0) is 18.8 Å². The molecule has 23 heavy (non-hydrogen) atoms. The quantitative estimate of drug-likeness (QED) is 0.814. The molecular weight excluding hydrogens is 298 g/mol. The van der Waals surface area contributed by atoms with E-state index in [9.17, 15) is 9.90 Å². The molecule has 1 amide bonds. The predicted molar refractivity (Wildman–Crippen MR) is 82.7 cm³/mol. The minimum atomic E-state index is -0.694. The molecule has 2 N–H and O–H groups in total. The minimum Gasteiger partial charge on any atom is -0.389 e. The smallest absolute Gasteiger partial charge is 0.255 e. The molecule has 2 unspecified atom stereocenters. The molecule has 1 saturated heterocycles. The summed E-state index contributed by atoms with van der Waals surface area (Å²) in [6.45, 7) is 0.828. The monoisotopic (exact) mass is 319 g/mol. The van der Waals surface area contributed by atoms with Crippen LogP contribution in [-0.4, -0.2) is 55.9 Å². The Morgan fingerprint density at radius 1 is 1.48 bits per heavy atom. The highest BCUT2D eigenvalue weighted by Crippen LogP contribution is 2.21. The van der Waals surface area contributed by atoms with Crippen molar-refractivity contribution in [3.05, 3.63) is 24.2 Å². The fourth-order valence-corrected chi connectivity index (χ4v) is 2.74. The van der Waals surface area contributed by atoms with Crippen LogP contribution in [0.15, 0.2) is 18.6 Å². The molecule has 0 aromatic carbocycles. The van der Waals surface area contributed by atoms with Gasteiger partial charge in [-0.15, -0.1) is 0 Å². The highest BCUT2D eigenvalue weighted by atomic mass is 16.5. The van der Waals surface area contributed by atoms with E-state index in [1.807, 2.05) is 7.05 Å². The standard InChI is InChI=1S/C15H21N5O3/c1-19-8-10(6-17-19)14-11(9-20(2)18-14)15(22)16-7-12(21)13-4-3-5-23-13/h6,8-9,12-13,21H,3-5,7H2,1-2H3,(H,16,22). The molecule has 0 aliphatic carbocycles. The number of aromatic nitrogens is 4. The maximum atomic E-state index is 12.4. The summed E-state index contributed by atoms with van der Waals surface area (Å²) in [5.74, 6) is -0.269. The van der Waals surface area contributed by atoms with E-state index in [1.165, 1.54) is 0 Å². The van der Waals surface area contributed by atoms with E-state index in [0.717, 1.165) is 18.4 Å². The number of hydrogen-bond donors (Lipinski definition) is 2. The topological polar surface area (TPSA) is 94.2 Å². The van der Waals surface area contributed by atoms with Crippen molar-refractivity contribution < 1.29 is 14.6 Å². The summed E-state index contributed by atoms with van der Waals surface area (Å²) in [6, 6.07) is 0. The number of nitrogens with one attached hydrogen (secondary N) is 1. The molecule has 8 nitrogen and oxygen atoms in total. The van der Waals surface area contributed by atoms with Crippen LogP contribution in [0.25, 0.3) is 11.3 Å². The Hall–Kier alpha value is -2.19. The number of carbonyl (C=O) groups excluding carboxylic acids is 1. The lowest BCUT2D eigenvalue weighted by Crippen LogP contribution is -2.38. The van der Waals surface area contributed by atoms with Crippen LogP contribution in [0.2, 0.25) is 0 Å². The molecule has 1 aliphatic heterocycles. The maximum Gasteiger partial charge on any atom is 0.255 e. The maximum absolute atomic E-state index is 12.4. The van der Waals surface area contributed by atoms with Crippen LogP contribution in [0.4, 0.5) is 0 Å². The third kappa shape index (κ3) is 3.43. The largest absolute Gasteiger partial charge is 0.389 e. The zero-order valence-electron chi connectivity index (χ0n) is 13.3. The number of aryl methyl sites for hydroxylation is 2. The Balaban J connectivity index is 1.70. The van der Waals surface area contributed by atoms with Crippen LogP contribution in [0.1, 0.15) is 23.2 Å². The summed E-state index contributed by atoms with van der Waals surface area (Å²) in [6.07, 6.45) is 6.02. The minimum absolute atomic E-state index is 0.158. The van der Waals surface area contributed by atoms with E-state index in [1.54, 1.807) is 35.0 Å². The van der Waals surface area contributed by atoms with Crippen LogP contribution in [0, 0.1) is 0 Å². The molecule has 0 bridgehead atoms. The third-order valence-corrected chi connectivity index (χ3v) is 3.92. The van der Waals surface area contributed by atoms with Crippen molar-refractivity contribution in [2.75, 3.05) is 13.2 Å².